The molecule has 1 aromatic heterocycles. The van der Waals surface area contributed by atoms with E-state index in [1.807, 2.05) is 18.4 Å². The van der Waals surface area contributed by atoms with E-state index >= 15 is 0 Å². The second-order valence-electron chi connectivity index (χ2n) is 3.43. The summed E-state index contributed by atoms with van der Waals surface area (Å²) in [6.07, 6.45) is 0.583. The van der Waals surface area contributed by atoms with Gasteiger partial charge < -0.3 is 0 Å². The maximum absolute atomic E-state index is 11.6. The second-order valence-corrected chi connectivity index (χ2v) is 4.34. The van der Waals surface area contributed by atoms with E-state index < -0.39 is 0 Å². The molecule has 0 fully saturated rings. The highest BCUT2D eigenvalue weighted by atomic mass is 32.1. The molecule has 0 amide bonds. The van der Waals surface area contributed by atoms with Crippen molar-refractivity contribution in [3.8, 4) is 0 Å². The fourth-order valence-corrected chi connectivity index (χ4v) is 2.60. The van der Waals surface area contributed by atoms with Crippen LogP contribution in [0.3, 0.4) is 0 Å². The Bertz CT molecular complexity index is 482. The number of carbonyl (C=O) groups is 1. The van der Waals surface area contributed by atoms with Crippen LogP contribution in [0.1, 0.15) is 29.3 Å². The van der Waals surface area contributed by atoms with Gasteiger partial charge >= 0.3 is 0 Å². The molecular weight excluding hydrogens is 192 g/mol. The molecule has 0 unspecified atom stereocenters. The summed E-state index contributed by atoms with van der Waals surface area (Å²) < 4.78 is 1.21. The van der Waals surface area contributed by atoms with Crippen LogP contribution < -0.4 is 0 Å². The minimum Gasteiger partial charge on any atom is -0.294 e. The quantitative estimate of drug-likeness (QED) is 0.680. The maximum atomic E-state index is 11.6. The Morgan fingerprint density at radius 2 is 2.21 bits per heavy atom. The van der Waals surface area contributed by atoms with Crippen molar-refractivity contribution in [3.05, 3.63) is 34.7 Å². The molecule has 1 nitrogen and oxygen atoms in total. The zero-order valence-corrected chi connectivity index (χ0v) is 9.15. The van der Waals surface area contributed by atoms with Gasteiger partial charge in [-0.3, -0.25) is 4.79 Å². The van der Waals surface area contributed by atoms with Crippen molar-refractivity contribution in [2.45, 2.75) is 20.3 Å². The fourth-order valence-electron chi connectivity index (χ4n) is 1.54. The SMILES string of the molecule is CCC(=O)c1csc2cc(C)ccc12. The van der Waals surface area contributed by atoms with Crippen LogP contribution in [0, 0.1) is 6.92 Å². The highest BCUT2D eigenvalue weighted by molar-refractivity contribution is 7.17. The number of Topliss-reactive ketones (excluding diaryl/α,β-unsaturated/α-hetero) is 1. The minimum absolute atomic E-state index is 0.236. The third kappa shape index (κ3) is 1.46. The average molecular weight is 204 g/mol. The molecule has 1 aromatic carbocycles. The summed E-state index contributed by atoms with van der Waals surface area (Å²) in [7, 11) is 0. The lowest BCUT2D eigenvalue weighted by Gasteiger charge is -1.96. The van der Waals surface area contributed by atoms with Crippen LogP contribution in [0.25, 0.3) is 10.1 Å². The smallest absolute Gasteiger partial charge is 0.164 e. The molecule has 0 aliphatic carbocycles. The van der Waals surface area contributed by atoms with Crippen LogP contribution in [0.2, 0.25) is 0 Å². The molecule has 0 N–H and O–H groups in total. The Balaban J connectivity index is 2.64. The molecule has 2 heteroatoms. The van der Waals surface area contributed by atoms with Gasteiger partial charge in [-0.15, -0.1) is 11.3 Å². The van der Waals surface area contributed by atoms with Crippen molar-refractivity contribution in [3.63, 3.8) is 0 Å². The average Bonchev–Trinajstić information content (AvgIpc) is 2.59. The molecular formula is C12H12OS. The molecule has 14 heavy (non-hydrogen) atoms. The number of ketones is 1. The van der Waals surface area contributed by atoms with Gasteiger partial charge in [-0.05, 0) is 18.6 Å². The lowest BCUT2D eigenvalue weighted by atomic mass is 10.1. The third-order valence-corrected chi connectivity index (χ3v) is 3.30. The minimum atomic E-state index is 0.236. The molecule has 1 heterocycles. The predicted molar refractivity (Wildman–Crippen MR) is 61.2 cm³/mol. The first kappa shape index (κ1) is 9.41. The van der Waals surface area contributed by atoms with Gasteiger partial charge in [-0.2, -0.15) is 0 Å². The number of fused-ring (bicyclic) bond motifs is 1. The molecule has 0 aliphatic rings. The highest BCUT2D eigenvalue weighted by Crippen LogP contribution is 2.27. The normalized spacial score (nSPS) is 10.7. The van der Waals surface area contributed by atoms with Gasteiger partial charge in [0.05, 0.1) is 0 Å². The molecule has 0 bridgehead atoms. The van der Waals surface area contributed by atoms with Crippen molar-refractivity contribution in [1.29, 1.82) is 0 Å². The number of hydrogen-bond donors (Lipinski definition) is 0. The first-order valence-electron chi connectivity index (χ1n) is 4.73. The van der Waals surface area contributed by atoms with E-state index in [9.17, 15) is 4.79 Å². The van der Waals surface area contributed by atoms with Crippen LogP contribution in [0.5, 0.6) is 0 Å². The Labute approximate surface area is 87.4 Å². The van der Waals surface area contributed by atoms with Crippen LogP contribution in [0.4, 0.5) is 0 Å². The van der Waals surface area contributed by atoms with E-state index in [1.165, 1.54) is 10.3 Å². The number of hydrogen-bond acceptors (Lipinski definition) is 2. The monoisotopic (exact) mass is 204 g/mol. The van der Waals surface area contributed by atoms with Crippen molar-refractivity contribution in [2.75, 3.05) is 0 Å². The van der Waals surface area contributed by atoms with Gasteiger partial charge in [0, 0.05) is 27.5 Å². The summed E-state index contributed by atoms with van der Waals surface area (Å²) in [5, 5.41) is 3.07. The van der Waals surface area contributed by atoms with E-state index in [0.717, 1.165) is 10.9 Å². The number of aryl methyl sites for hydroxylation is 1. The van der Waals surface area contributed by atoms with Crippen molar-refractivity contribution < 1.29 is 4.79 Å². The summed E-state index contributed by atoms with van der Waals surface area (Å²) >= 11 is 1.65. The molecule has 0 saturated heterocycles. The Morgan fingerprint density at radius 3 is 2.93 bits per heavy atom. The van der Waals surface area contributed by atoms with Crippen LogP contribution in [0.15, 0.2) is 23.6 Å². The molecule has 0 radical (unpaired) electrons. The Morgan fingerprint density at radius 1 is 1.43 bits per heavy atom. The molecule has 0 aliphatic heterocycles. The Hall–Kier alpha value is -1.15. The van der Waals surface area contributed by atoms with Crippen LogP contribution in [-0.4, -0.2) is 5.78 Å². The van der Waals surface area contributed by atoms with Gasteiger partial charge in [-0.1, -0.05) is 19.1 Å². The predicted octanol–water partition coefficient (Wildman–Crippen LogP) is 3.80. The molecule has 0 saturated carbocycles. The molecule has 2 aromatic rings. The summed E-state index contributed by atoms with van der Waals surface area (Å²) in [4.78, 5) is 11.6. The highest BCUT2D eigenvalue weighted by Gasteiger charge is 2.09. The van der Waals surface area contributed by atoms with Gasteiger partial charge in [0.1, 0.15) is 0 Å². The molecule has 0 atom stereocenters. The van der Waals surface area contributed by atoms with E-state index in [1.54, 1.807) is 11.3 Å². The maximum Gasteiger partial charge on any atom is 0.164 e. The third-order valence-electron chi connectivity index (χ3n) is 2.35. The summed E-state index contributed by atoms with van der Waals surface area (Å²) in [6, 6.07) is 6.23. The largest absolute Gasteiger partial charge is 0.294 e. The van der Waals surface area contributed by atoms with E-state index in [0.29, 0.717) is 6.42 Å². The lowest BCUT2D eigenvalue weighted by molar-refractivity contribution is 0.0990. The summed E-state index contributed by atoms with van der Waals surface area (Å²) in [6.45, 7) is 3.97. The topological polar surface area (TPSA) is 17.1 Å². The van der Waals surface area contributed by atoms with Crippen molar-refractivity contribution in [1.82, 2.24) is 0 Å². The summed E-state index contributed by atoms with van der Waals surface area (Å²) in [5.41, 5.74) is 2.13. The van der Waals surface area contributed by atoms with Gasteiger partial charge in [-0.25, -0.2) is 0 Å². The zero-order valence-electron chi connectivity index (χ0n) is 8.33. The standard InChI is InChI=1S/C12H12OS/c1-3-11(13)10-7-14-12-6-8(2)4-5-9(10)12/h4-7H,3H2,1-2H3. The Kier molecular flexibility index (Phi) is 2.38. The lowest BCUT2D eigenvalue weighted by Crippen LogP contribution is -1.93. The number of carbonyl (C=O) groups excluding carboxylic acids is 1. The fraction of sp³-hybridized carbons (Fsp3) is 0.250. The van der Waals surface area contributed by atoms with Crippen LogP contribution in [-0.2, 0) is 0 Å². The van der Waals surface area contributed by atoms with E-state index in [4.69, 9.17) is 0 Å². The first-order chi connectivity index (χ1) is 6.72. The van der Waals surface area contributed by atoms with Crippen molar-refractivity contribution >= 4 is 27.2 Å². The molecule has 72 valence electrons. The second kappa shape index (κ2) is 3.54. The van der Waals surface area contributed by atoms with E-state index in [-0.39, 0.29) is 5.78 Å². The molecule has 0 spiro atoms. The van der Waals surface area contributed by atoms with E-state index in [2.05, 4.69) is 19.1 Å². The first-order valence-corrected chi connectivity index (χ1v) is 5.61. The van der Waals surface area contributed by atoms with Gasteiger partial charge in [0.25, 0.3) is 0 Å². The number of benzene rings is 1. The molecule has 2 rings (SSSR count). The van der Waals surface area contributed by atoms with Crippen molar-refractivity contribution in [2.24, 2.45) is 0 Å². The van der Waals surface area contributed by atoms with Crippen LogP contribution >= 0.6 is 11.3 Å². The number of thiophene rings is 1. The number of rotatable bonds is 2. The van der Waals surface area contributed by atoms with Gasteiger partial charge in [0.15, 0.2) is 5.78 Å². The summed E-state index contributed by atoms with van der Waals surface area (Å²) in [5.74, 6) is 0.236. The zero-order chi connectivity index (χ0) is 10.1. The van der Waals surface area contributed by atoms with Gasteiger partial charge in [0.2, 0.25) is 0 Å².